The Balaban J connectivity index is 0.000000203. The second-order valence-electron chi connectivity index (χ2n) is 18.3. The first-order valence-corrected chi connectivity index (χ1v) is 23.7. The van der Waals surface area contributed by atoms with Gasteiger partial charge in [0.15, 0.2) is 5.69 Å². The molecule has 2 N–H and O–H groups in total. The third kappa shape index (κ3) is 12.1. The molecule has 0 saturated heterocycles. The number of allylic oxidation sites excluding steroid dienone is 1. The van der Waals surface area contributed by atoms with Gasteiger partial charge in [0.1, 0.15) is 23.3 Å². The molecular formula is C47H46F12N8O8. The Bertz CT molecular complexity index is 2830. The minimum atomic E-state index is -5.10. The molecular weight excluding hydrogens is 1030 g/mol. The van der Waals surface area contributed by atoms with Crippen LogP contribution >= 0.6 is 0 Å². The molecule has 28 heteroatoms. The summed E-state index contributed by atoms with van der Waals surface area (Å²) in [5.74, 6) is -5.34. The van der Waals surface area contributed by atoms with Gasteiger partial charge in [-0.1, -0.05) is 48.9 Å². The summed E-state index contributed by atoms with van der Waals surface area (Å²) in [6, 6.07) is 9.00. The van der Waals surface area contributed by atoms with Gasteiger partial charge in [-0.05, 0) is 94.6 Å². The lowest BCUT2D eigenvalue weighted by atomic mass is 9.94. The molecule has 9 rings (SSSR count). The van der Waals surface area contributed by atoms with Crippen molar-refractivity contribution >= 4 is 11.4 Å². The van der Waals surface area contributed by atoms with Crippen molar-refractivity contribution in [3.05, 3.63) is 93.2 Å². The quantitative estimate of drug-likeness (QED) is 0.0641. The van der Waals surface area contributed by atoms with Crippen LogP contribution in [0.4, 0.5) is 64.1 Å². The summed E-state index contributed by atoms with van der Waals surface area (Å²) >= 11 is 0. The molecule has 1 aromatic carbocycles. The summed E-state index contributed by atoms with van der Waals surface area (Å²) in [7, 11) is 0. The van der Waals surface area contributed by atoms with Crippen LogP contribution in [0.2, 0.25) is 0 Å². The van der Waals surface area contributed by atoms with Crippen molar-refractivity contribution in [2.45, 2.75) is 139 Å². The maximum atomic E-state index is 14.8. The summed E-state index contributed by atoms with van der Waals surface area (Å²) in [4.78, 5) is 18.3. The fourth-order valence-electron chi connectivity index (χ4n) is 8.55. The number of benzene rings is 1. The van der Waals surface area contributed by atoms with Crippen LogP contribution < -0.4 is 14.8 Å². The predicted octanol–water partition coefficient (Wildman–Crippen LogP) is 12.4. The van der Waals surface area contributed by atoms with E-state index in [1.54, 1.807) is 37.3 Å². The van der Waals surface area contributed by atoms with Gasteiger partial charge in [-0.2, -0.15) is 52.7 Å². The van der Waals surface area contributed by atoms with Gasteiger partial charge < -0.3 is 33.5 Å². The Labute approximate surface area is 417 Å². The number of nitrogens with zero attached hydrogens (tertiary/aromatic N) is 7. The summed E-state index contributed by atoms with van der Waals surface area (Å²) in [6.07, 6.45) is -16.0. The SMILES string of the molecule is CCNc1cc(C(F)(F)F)c2nc1-c1nnc(o1)[C@@](O)(C(F)(F)F)CCCCCC(C1CC1)O2.O=[N+]([O-])c1cc(C(F)(F)F)c2nc1-c1nnc(o1)[C@@](OCc1ccccc1)(C(F)(F)F)CCC=CCC(C1CC1)O2. The maximum Gasteiger partial charge on any atom is 0.426 e. The lowest BCUT2D eigenvalue weighted by molar-refractivity contribution is -0.384. The minimum Gasteiger partial charge on any atom is -0.474 e. The average molecular weight is 1080 g/mol. The number of aromatic nitrogens is 6. The fraction of sp³-hybridized carbons (Fsp3) is 0.532. The Morgan fingerprint density at radius 2 is 1.31 bits per heavy atom. The molecule has 2 saturated carbocycles. The summed E-state index contributed by atoms with van der Waals surface area (Å²) < 4.78 is 196. The molecule has 16 nitrogen and oxygen atoms in total. The van der Waals surface area contributed by atoms with Crippen LogP contribution in [0, 0.1) is 22.0 Å². The Hall–Kier alpha value is -6.58. The van der Waals surface area contributed by atoms with Gasteiger partial charge in [-0.25, -0.2) is 9.97 Å². The molecule has 6 heterocycles. The van der Waals surface area contributed by atoms with Crippen LogP contribution in [-0.4, -0.2) is 71.5 Å². The molecule has 0 spiro atoms. The monoisotopic (exact) mass is 1080 g/mol. The number of alkyl halides is 12. The summed E-state index contributed by atoms with van der Waals surface area (Å²) in [6.45, 7) is 1.31. The first-order chi connectivity index (χ1) is 35.3. The zero-order chi connectivity index (χ0) is 54.1. The molecule has 2 unspecified atom stereocenters. The van der Waals surface area contributed by atoms with Gasteiger partial charge >= 0.3 is 30.4 Å². The summed E-state index contributed by atoms with van der Waals surface area (Å²) in [5.41, 5.74) is -11.2. The zero-order valence-corrected chi connectivity index (χ0v) is 39.4. The Morgan fingerprint density at radius 3 is 1.91 bits per heavy atom. The number of rotatable bonds is 8. The van der Waals surface area contributed by atoms with Crippen LogP contribution in [0.15, 0.2) is 63.5 Å². The van der Waals surface area contributed by atoms with Gasteiger partial charge in [-0.15, -0.1) is 20.4 Å². The molecule has 4 aliphatic rings. The molecule has 2 aliphatic heterocycles. The van der Waals surface area contributed by atoms with Gasteiger partial charge in [0.25, 0.3) is 23.6 Å². The largest absolute Gasteiger partial charge is 0.474 e. The zero-order valence-electron chi connectivity index (χ0n) is 39.4. The normalized spacial score (nSPS) is 22.9. The highest BCUT2D eigenvalue weighted by molar-refractivity contribution is 5.71. The molecule has 5 aromatic rings. The average Bonchev–Trinajstić information content (AvgIpc) is 4.27. The molecule has 0 amide bonds. The number of aliphatic hydroxyl groups is 1. The van der Waals surface area contributed by atoms with Crippen molar-refractivity contribution in [1.82, 2.24) is 30.4 Å². The third-order valence-corrected chi connectivity index (χ3v) is 12.9. The molecule has 2 aliphatic carbocycles. The van der Waals surface area contributed by atoms with Gasteiger partial charge in [-0.3, -0.25) is 10.1 Å². The molecule has 2 fully saturated rings. The number of nitrogens with one attached hydrogen (secondary N) is 1. The lowest BCUT2D eigenvalue weighted by Crippen LogP contribution is -2.45. The minimum absolute atomic E-state index is 0.00883. The predicted molar refractivity (Wildman–Crippen MR) is 235 cm³/mol. The van der Waals surface area contributed by atoms with Crippen LogP contribution in [0.25, 0.3) is 23.2 Å². The van der Waals surface area contributed by atoms with Crippen molar-refractivity contribution in [3.8, 4) is 34.9 Å². The van der Waals surface area contributed by atoms with Crippen LogP contribution in [-0.2, 0) is 34.9 Å². The number of nitro groups is 1. The lowest BCUT2D eigenvalue weighted by Gasteiger charge is -2.32. The van der Waals surface area contributed by atoms with Crippen LogP contribution in [0.3, 0.4) is 0 Å². The van der Waals surface area contributed by atoms with Crippen molar-refractivity contribution in [3.63, 3.8) is 0 Å². The van der Waals surface area contributed by atoms with Crippen molar-refractivity contribution in [2.24, 2.45) is 11.8 Å². The van der Waals surface area contributed by atoms with Gasteiger partial charge in [0.2, 0.25) is 28.7 Å². The van der Waals surface area contributed by atoms with E-state index in [2.05, 4.69) is 35.7 Å². The third-order valence-electron chi connectivity index (χ3n) is 12.9. The summed E-state index contributed by atoms with van der Waals surface area (Å²) in [5, 5.41) is 39.0. The highest BCUT2D eigenvalue weighted by Crippen LogP contribution is 2.50. The molecule has 0 radical (unpaired) electrons. The first kappa shape index (κ1) is 54.7. The molecule has 4 atom stereocenters. The molecule has 75 heavy (non-hydrogen) atoms. The highest BCUT2D eigenvalue weighted by atomic mass is 19.4. The number of halogens is 12. The maximum absolute atomic E-state index is 14.8. The van der Waals surface area contributed by atoms with Crippen LogP contribution in [0.5, 0.6) is 11.8 Å². The van der Waals surface area contributed by atoms with Crippen molar-refractivity contribution < 1.29 is 85.8 Å². The Kier molecular flexibility index (Phi) is 15.5. The number of hydrogen-bond donors (Lipinski definition) is 2. The number of hydrogen-bond acceptors (Lipinski definition) is 15. The van der Waals surface area contributed by atoms with Crippen LogP contribution in [0.1, 0.15) is 112 Å². The van der Waals surface area contributed by atoms with Crippen molar-refractivity contribution in [1.29, 1.82) is 0 Å². The second kappa shape index (κ2) is 21.2. The Morgan fingerprint density at radius 1 is 0.720 bits per heavy atom. The van der Waals surface area contributed by atoms with Gasteiger partial charge in [0, 0.05) is 19.0 Å². The van der Waals surface area contributed by atoms with E-state index in [9.17, 15) is 67.9 Å². The first-order valence-electron chi connectivity index (χ1n) is 23.7. The van der Waals surface area contributed by atoms with E-state index in [0.717, 1.165) is 18.9 Å². The van der Waals surface area contributed by atoms with E-state index >= 15 is 0 Å². The molecule has 8 bridgehead atoms. The topological polar surface area (TPSA) is 207 Å². The van der Waals surface area contributed by atoms with E-state index < -0.39 is 130 Å². The van der Waals surface area contributed by atoms with E-state index in [0.29, 0.717) is 37.7 Å². The van der Waals surface area contributed by atoms with E-state index in [-0.39, 0.29) is 55.1 Å². The smallest absolute Gasteiger partial charge is 0.426 e. The number of fused-ring (bicyclic) bond motifs is 10. The highest BCUT2D eigenvalue weighted by Gasteiger charge is 2.61. The van der Waals surface area contributed by atoms with E-state index in [4.69, 9.17) is 23.0 Å². The molecule has 4 aromatic heterocycles. The number of anilines is 1. The van der Waals surface area contributed by atoms with Crippen molar-refractivity contribution in [2.75, 3.05) is 11.9 Å². The second-order valence-corrected chi connectivity index (χ2v) is 18.3. The van der Waals surface area contributed by atoms with E-state index in [1.165, 1.54) is 12.2 Å². The number of pyridine rings is 2. The van der Waals surface area contributed by atoms with Gasteiger partial charge in [0.05, 0.1) is 17.2 Å². The standard InChI is InChI=1S/C26H22F6N4O5.C21H24F6N4O3/c27-25(28,29)17-13-18(36(37)38)20-22-34-35-23(41-22)24(26(30,31)32,39-14-15-7-3-1-4-8-15)12-6-2-5-9-19(16-10-11-16)40-21(17)33-20;1-2-28-13-10-12(20(22,23)24)16-29-15(13)17-30-31-18(34-17)19(32,21(25,26)27)9-5-3-4-6-14(33-16)11-7-8-11/h1-5,7-8,13,16,19H,6,9-12,14H2;10-11,14,28,32H,2-9H2,1H3/t19?,24-;14?,19-/m11/s1. The van der Waals surface area contributed by atoms with E-state index in [1.807, 2.05) is 0 Å². The molecule has 406 valence electrons. The fourth-order valence-corrected chi connectivity index (χ4v) is 8.55. The number of ether oxygens (including phenoxy) is 3.